The molecule has 1 fully saturated rings. The van der Waals surface area contributed by atoms with E-state index in [2.05, 4.69) is 16.7 Å². The van der Waals surface area contributed by atoms with Crippen LogP contribution in [-0.4, -0.2) is 32.3 Å². The van der Waals surface area contributed by atoms with Crippen molar-refractivity contribution in [2.45, 2.75) is 18.4 Å². The topological polar surface area (TPSA) is 57.1 Å². The van der Waals surface area contributed by atoms with Gasteiger partial charge in [0.05, 0.1) is 23.8 Å². The van der Waals surface area contributed by atoms with Crippen molar-refractivity contribution in [1.29, 1.82) is 5.26 Å². The van der Waals surface area contributed by atoms with Gasteiger partial charge in [0.2, 0.25) is 0 Å². The SMILES string of the molecule is COCC1(CNc2ccc(C#N)cc2)CCCN1. The first-order chi connectivity index (χ1) is 8.78. The molecule has 0 spiro atoms. The summed E-state index contributed by atoms with van der Waals surface area (Å²) in [6.45, 7) is 2.61. The zero-order chi connectivity index (χ0) is 12.8. The molecule has 4 heteroatoms. The van der Waals surface area contributed by atoms with Gasteiger partial charge in [0, 0.05) is 19.3 Å². The van der Waals surface area contributed by atoms with Crippen LogP contribution in [0.3, 0.4) is 0 Å². The molecule has 0 bridgehead atoms. The fourth-order valence-electron chi connectivity index (χ4n) is 2.40. The lowest BCUT2D eigenvalue weighted by Gasteiger charge is -2.29. The van der Waals surface area contributed by atoms with Gasteiger partial charge in [0.1, 0.15) is 0 Å². The average molecular weight is 245 g/mol. The summed E-state index contributed by atoms with van der Waals surface area (Å²) in [5, 5.41) is 15.7. The second-order valence-electron chi connectivity index (χ2n) is 4.79. The van der Waals surface area contributed by atoms with Crippen molar-refractivity contribution in [3.8, 4) is 6.07 Å². The van der Waals surface area contributed by atoms with E-state index in [0.717, 1.165) is 31.8 Å². The first-order valence-electron chi connectivity index (χ1n) is 6.26. The summed E-state index contributed by atoms with van der Waals surface area (Å²) in [6.07, 6.45) is 2.32. The largest absolute Gasteiger partial charge is 0.383 e. The third-order valence-corrected chi connectivity index (χ3v) is 3.40. The number of ether oxygens (including phenoxy) is 1. The molecule has 96 valence electrons. The molecule has 1 aliphatic heterocycles. The molecule has 1 aromatic carbocycles. The van der Waals surface area contributed by atoms with E-state index < -0.39 is 0 Å². The quantitative estimate of drug-likeness (QED) is 0.829. The zero-order valence-corrected chi connectivity index (χ0v) is 10.7. The van der Waals surface area contributed by atoms with Crippen LogP contribution in [0.1, 0.15) is 18.4 Å². The highest BCUT2D eigenvalue weighted by Gasteiger charge is 2.33. The van der Waals surface area contributed by atoms with E-state index in [9.17, 15) is 0 Å². The van der Waals surface area contributed by atoms with Crippen LogP contribution in [0.2, 0.25) is 0 Å². The van der Waals surface area contributed by atoms with Crippen LogP contribution in [0.5, 0.6) is 0 Å². The van der Waals surface area contributed by atoms with E-state index in [1.54, 1.807) is 7.11 Å². The first-order valence-corrected chi connectivity index (χ1v) is 6.26. The summed E-state index contributed by atoms with van der Waals surface area (Å²) >= 11 is 0. The summed E-state index contributed by atoms with van der Waals surface area (Å²) in [5.74, 6) is 0. The standard InChI is InChI=1S/C14H19N3O/c1-18-11-14(7-2-8-17-14)10-16-13-5-3-12(9-15)4-6-13/h3-6,16-17H,2,7-8,10-11H2,1H3. The molecule has 0 saturated carbocycles. The fourth-order valence-corrected chi connectivity index (χ4v) is 2.40. The summed E-state index contributed by atoms with van der Waals surface area (Å²) in [4.78, 5) is 0. The molecule has 2 rings (SSSR count). The predicted molar refractivity (Wildman–Crippen MR) is 71.5 cm³/mol. The van der Waals surface area contributed by atoms with Crippen LogP contribution in [0.4, 0.5) is 5.69 Å². The highest BCUT2D eigenvalue weighted by molar-refractivity contribution is 5.47. The van der Waals surface area contributed by atoms with E-state index in [0.29, 0.717) is 5.56 Å². The van der Waals surface area contributed by atoms with E-state index >= 15 is 0 Å². The first kappa shape index (κ1) is 12.9. The number of hydrogen-bond acceptors (Lipinski definition) is 4. The van der Waals surface area contributed by atoms with Crippen LogP contribution in [0.15, 0.2) is 24.3 Å². The van der Waals surface area contributed by atoms with Crippen LogP contribution < -0.4 is 10.6 Å². The molecule has 0 amide bonds. The number of benzene rings is 1. The van der Waals surface area contributed by atoms with Gasteiger partial charge < -0.3 is 15.4 Å². The van der Waals surface area contributed by atoms with E-state index in [-0.39, 0.29) is 5.54 Å². The third kappa shape index (κ3) is 3.00. The van der Waals surface area contributed by atoms with Crippen LogP contribution >= 0.6 is 0 Å². The number of anilines is 1. The lowest BCUT2D eigenvalue weighted by molar-refractivity contribution is 0.127. The van der Waals surface area contributed by atoms with Crippen molar-refractivity contribution in [1.82, 2.24) is 5.32 Å². The Kier molecular flexibility index (Phi) is 4.19. The molecule has 1 aromatic rings. The van der Waals surface area contributed by atoms with E-state index in [1.807, 2.05) is 24.3 Å². The Labute approximate surface area is 108 Å². The molecule has 1 unspecified atom stereocenters. The Morgan fingerprint density at radius 1 is 1.44 bits per heavy atom. The minimum Gasteiger partial charge on any atom is -0.383 e. The monoisotopic (exact) mass is 245 g/mol. The van der Waals surface area contributed by atoms with Crippen molar-refractivity contribution >= 4 is 5.69 Å². The van der Waals surface area contributed by atoms with E-state index in [1.165, 1.54) is 6.42 Å². The molecule has 2 N–H and O–H groups in total. The van der Waals surface area contributed by atoms with Gasteiger partial charge in [-0.2, -0.15) is 5.26 Å². The van der Waals surface area contributed by atoms with Gasteiger partial charge in [-0.05, 0) is 43.7 Å². The van der Waals surface area contributed by atoms with Crippen LogP contribution in [-0.2, 0) is 4.74 Å². The molecule has 1 heterocycles. The van der Waals surface area contributed by atoms with Crippen molar-refractivity contribution in [2.75, 3.05) is 32.1 Å². The lowest BCUT2D eigenvalue weighted by Crippen LogP contribution is -2.49. The third-order valence-electron chi connectivity index (χ3n) is 3.40. The average Bonchev–Trinajstić information content (AvgIpc) is 2.87. The number of rotatable bonds is 5. The molecule has 0 aliphatic carbocycles. The van der Waals surface area contributed by atoms with Crippen molar-refractivity contribution in [3.63, 3.8) is 0 Å². The lowest BCUT2D eigenvalue weighted by atomic mass is 9.98. The Morgan fingerprint density at radius 2 is 2.22 bits per heavy atom. The molecule has 18 heavy (non-hydrogen) atoms. The van der Waals surface area contributed by atoms with Gasteiger partial charge in [0.15, 0.2) is 0 Å². The second-order valence-corrected chi connectivity index (χ2v) is 4.79. The van der Waals surface area contributed by atoms with E-state index in [4.69, 9.17) is 10.00 Å². The molecule has 4 nitrogen and oxygen atoms in total. The summed E-state index contributed by atoms with van der Waals surface area (Å²) < 4.78 is 5.31. The number of nitrogens with zero attached hydrogens (tertiary/aromatic N) is 1. The highest BCUT2D eigenvalue weighted by atomic mass is 16.5. The predicted octanol–water partition coefficient (Wildman–Crippen LogP) is 1.74. The number of nitriles is 1. The van der Waals surface area contributed by atoms with Crippen molar-refractivity contribution in [3.05, 3.63) is 29.8 Å². The molecular weight excluding hydrogens is 226 g/mol. The molecule has 0 radical (unpaired) electrons. The number of methoxy groups -OCH3 is 1. The van der Waals surface area contributed by atoms with Gasteiger partial charge >= 0.3 is 0 Å². The highest BCUT2D eigenvalue weighted by Crippen LogP contribution is 2.21. The van der Waals surface area contributed by atoms with Gasteiger partial charge in [-0.1, -0.05) is 0 Å². The van der Waals surface area contributed by atoms with Crippen LogP contribution in [0.25, 0.3) is 0 Å². The minimum absolute atomic E-state index is 0.0443. The smallest absolute Gasteiger partial charge is 0.0991 e. The summed E-state index contributed by atoms with van der Waals surface area (Å²) in [7, 11) is 1.74. The maximum Gasteiger partial charge on any atom is 0.0991 e. The minimum atomic E-state index is 0.0443. The van der Waals surface area contributed by atoms with Crippen molar-refractivity contribution < 1.29 is 4.74 Å². The fraction of sp³-hybridized carbons (Fsp3) is 0.500. The van der Waals surface area contributed by atoms with Gasteiger partial charge in [0.25, 0.3) is 0 Å². The Hall–Kier alpha value is -1.57. The summed E-state index contributed by atoms with van der Waals surface area (Å²) in [6, 6.07) is 9.65. The zero-order valence-electron chi connectivity index (χ0n) is 10.7. The van der Waals surface area contributed by atoms with Crippen molar-refractivity contribution in [2.24, 2.45) is 0 Å². The Balaban J connectivity index is 1.94. The maximum absolute atomic E-state index is 8.75. The normalized spacial score (nSPS) is 22.7. The van der Waals surface area contributed by atoms with Gasteiger partial charge in [-0.15, -0.1) is 0 Å². The Morgan fingerprint density at radius 3 is 2.78 bits per heavy atom. The molecule has 0 aromatic heterocycles. The van der Waals surface area contributed by atoms with Gasteiger partial charge in [-0.3, -0.25) is 0 Å². The maximum atomic E-state index is 8.75. The van der Waals surface area contributed by atoms with Crippen LogP contribution in [0, 0.1) is 11.3 Å². The number of hydrogen-bond donors (Lipinski definition) is 2. The number of nitrogens with one attached hydrogen (secondary N) is 2. The van der Waals surface area contributed by atoms with Gasteiger partial charge in [-0.25, -0.2) is 0 Å². The summed E-state index contributed by atoms with van der Waals surface area (Å²) in [5.41, 5.74) is 1.77. The second kappa shape index (κ2) is 5.85. The molecule has 1 saturated heterocycles. The Bertz CT molecular complexity index is 416. The molecule has 1 aliphatic rings. The molecular formula is C14H19N3O. The molecule has 1 atom stereocenters.